The van der Waals surface area contributed by atoms with Gasteiger partial charge in [0.05, 0.1) is 6.42 Å². The summed E-state index contributed by atoms with van der Waals surface area (Å²) in [5.41, 5.74) is 4.83. The normalized spacial score (nSPS) is 10.7. The van der Waals surface area contributed by atoms with Crippen LogP contribution in [0.4, 0.5) is 0 Å². The number of hydrogen-bond donors (Lipinski definition) is 0. The SMILES string of the molecule is CSc1nc(C)c(CCC(=O)Oc2c(C)cccc2C)c(C)n1. The molecule has 0 atom stereocenters. The van der Waals surface area contributed by atoms with E-state index in [0.29, 0.717) is 18.6 Å². The highest BCUT2D eigenvalue weighted by molar-refractivity contribution is 7.98. The number of carbonyl (C=O) groups excluding carboxylic acids is 1. The quantitative estimate of drug-likeness (QED) is 0.359. The predicted octanol–water partition coefficient (Wildman–Crippen LogP) is 3.97. The van der Waals surface area contributed by atoms with Gasteiger partial charge in [-0.05, 0) is 57.1 Å². The van der Waals surface area contributed by atoms with E-state index >= 15 is 0 Å². The monoisotopic (exact) mass is 330 g/mol. The van der Waals surface area contributed by atoms with E-state index in [0.717, 1.165) is 33.2 Å². The van der Waals surface area contributed by atoms with Crippen LogP contribution in [0.2, 0.25) is 0 Å². The molecule has 4 nitrogen and oxygen atoms in total. The van der Waals surface area contributed by atoms with E-state index in [2.05, 4.69) is 9.97 Å². The summed E-state index contributed by atoms with van der Waals surface area (Å²) >= 11 is 1.52. The zero-order valence-corrected chi connectivity index (χ0v) is 15.1. The fourth-order valence-corrected chi connectivity index (χ4v) is 2.97. The van der Waals surface area contributed by atoms with Crippen LogP contribution in [0.3, 0.4) is 0 Å². The second-order valence-electron chi connectivity index (χ2n) is 5.55. The molecule has 0 aliphatic carbocycles. The van der Waals surface area contributed by atoms with Gasteiger partial charge in [-0.1, -0.05) is 30.0 Å². The molecule has 122 valence electrons. The summed E-state index contributed by atoms with van der Waals surface area (Å²) in [5, 5.41) is 0.766. The summed E-state index contributed by atoms with van der Waals surface area (Å²) in [4.78, 5) is 21.1. The van der Waals surface area contributed by atoms with Crippen molar-refractivity contribution in [2.75, 3.05) is 6.26 Å². The van der Waals surface area contributed by atoms with Crippen molar-refractivity contribution in [3.63, 3.8) is 0 Å². The molecule has 0 saturated carbocycles. The molecule has 0 unspecified atom stereocenters. The molecule has 0 saturated heterocycles. The molecule has 2 aromatic rings. The molecule has 2 rings (SSSR count). The fraction of sp³-hybridized carbons (Fsp3) is 0.389. The molecule has 0 fully saturated rings. The summed E-state index contributed by atoms with van der Waals surface area (Å²) in [6.07, 6.45) is 2.86. The average molecular weight is 330 g/mol. The van der Waals surface area contributed by atoms with E-state index < -0.39 is 0 Å². The van der Waals surface area contributed by atoms with Crippen molar-refractivity contribution in [2.24, 2.45) is 0 Å². The highest BCUT2D eigenvalue weighted by Gasteiger charge is 2.13. The number of hydrogen-bond acceptors (Lipinski definition) is 5. The van der Waals surface area contributed by atoms with Crippen molar-refractivity contribution < 1.29 is 9.53 Å². The molecule has 1 aromatic heterocycles. The van der Waals surface area contributed by atoms with Gasteiger partial charge in [0.15, 0.2) is 5.16 Å². The Kier molecular flexibility index (Phi) is 5.77. The van der Waals surface area contributed by atoms with Crippen LogP contribution in [0.5, 0.6) is 5.75 Å². The van der Waals surface area contributed by atoms with Crippen LogP contribution in [0.15, 0.2) is 23.4 Å². The molecule has 23 heavy (non-hydrogen) atoms. The Bertz CT molecular complexity index is 686. The van der Waals surface area contributed by atoms with E-state index in [1.165, 1.54) is 11.8 Å². The first-order valence-electron chi connectivity index (χ1n) is 7.57. The fourth-order valence-electron chi connectivity index (χ4n) is 2.51. The predicted molar refractivity (Wildman–Crippen MR) is 93.2 cm³/mol. The van der Waals surface area contributed by atoms with Crippen LogP contribution in [0.25, 0.3) is 0 Å². The van der Waals surface area contributed by atoms with Gasteiger partial charge in [-0.2, -0.15) is 0 Å². The van der Waals surface area contributed by atoms with Crippen LogP contribution >= 0.6 is 11.8 Å². The first-order chi connectivity index (χ1) is 10.9. The summed E-state index contributed by atoms with van der Waals surface area (Å²) in [5.74, 6) is 0.440. The smallest absolute Gasteiger partial charge is 0.311 e. The lowest BCUT2D eigenvalue weighted by atomic mass is 10.1. The molecule has 0 bridgehead atoms. The van der Waals surface area contributed by atoms with Crippen LogP contribution in [0.1, 0.15) is 34.5 Å². The summed E-state index contributed by atoms with van der Waals surface area (Å²) in [7, 11) is 0. The first kappa shape index (κ1) is 17.5. The van der Waals surface area contributed by atoms with Gasteiger partial charge in [-0.25, -0.2) is 9.97 Å². The number of ether oxygens (including phenoxy) is 1. The number of aromatic nitrogens is 2. The molecule has 0 aliphatic heterocycles. The molecule has 0 N–H and O–H groups in total. The molecular weight excluding hydrogens is 308 g/mol. The van der Waals surface area contributed by atoms with Gasteiger partial charge in [-0.3, -0.25) is 4.79 Å². The average Bonchev–Trinajstić information content (AvgIpc) is 2.50. The van der Waals surface area contributed by atoms with Gasteiger partial charge in [0.1, 0.15) is 5.75 Å². The Morgan fingerprint density at radius 3 is 2.17 bits per heavy atom. The Balaban J connectivity index is 2.05. The molecular formula is C18H22N2O2S. The number of benzene rings is 1. The lowest BCUT2D eigenvalue weighted by molar-refractivity contribution is -0.134. The largest absolute Gasteiger partial charge is 0.426 e. The maximum atomic E-state index is 12.2. The minimum atomic E-state index is -0.227. The van der Waals surface area contributed by atoms with Crippen molar-refractivity contribution in [2.45, 2.75) is 45.7 Å². The number of carbonyl (C=O) groups is 1. The summed E-state index contributed by atoms with van der Waals surface area (Å²) in [6, 6.07) is 5.84. The third-order valence-corrected chi connectivity index (χ3v) is 4.33. The van der Waals surface area contributed by atoms with Crippen LogP contribution in [-0.4, -0.2) is 22.2 Å². The Hall–Kier alpha value is -1.88. The number of esters is 1. The molecule has 0 radical (unpaired) electrons. The van der Waals surface area contributed by atoms with Gasteiger partial charge < -0.3 is 4.74 Å². The van der Waals surface area contributed by atoms with Gasteiger partial charge in [-0.15, -0.1) is 0 Å². The minimum absolute atomic E-state index is 0.227. The number of nitrogens with zero attached hydrogens (tertiary/aromatic N) is 2. The molecule has 1 aromatic carbocycles. The number of para-hydroxylation sites is 1. The van der Waals surface area contributed by atoms with E-state index in [9.17, 15) is 4.79 Å². The van der Waals surface area contributed by atoms with Crippen LogP contribution in [-0.2, 0) is 11.2 Å². The topological polar surface area (TPSA) is 52.1 Å². The van der Waals surface area contributed by atoms with Crippen LogP contribution < -0.4 is 4.74 Å². The third kappa shape index (κ3) is 4.32. The number of thioether (sulfide) groups is 1. The van der Waals surface area contributed by atoms with Gasteiger partial charge in [0.2, 0.25) is 0 Å². The first-order valence-corrected chi connectivity index (χ1v) is 8.80. The highest BCUT2D eigenvalue weighted by Crippen LogP contribution is 2.23. The lowest BCUT2D eigenvalue weighted by Gasteiger charge is -2.12. The van der Waals surface area contributed by atoms with E-state index in [1.54, 1.807) is 0 Å². The molecule has 5 heteroatoms. The van der Waals surface area contributed by atoms with E-state index in [4.69, 9.17) is 4.74 Å². The standard InChI is InChI=1S/C18H22N2O2S/c1-11-7-6-8-12(2)17(11)22-16(21)10-9-15-13(3)19-18(23-5)20-14(15)4/h6-8H,9-10H2,1-5H3. The summed E-state index contributed by atoms with van der Waals surface area (Å²) < 4.78 is 5.54. The van der Waals surface area contributed by atoms with Crippen molar-refractivity contribution >= 4 is 17.7 Å². The van der Waals surface area contributed by atoms with E-state index in [-0.39, 0.29) is 5.97 Å². The molecule has 0 spiro atoms. The second kappa shape index (κ2) is 7.59. The maximum Gasteiger partial charge on any atom is 0.311 e. The maximum absolute atomic E-state index is 12.2. The van der Waals surface area contributed by atoms with Gasteiger partial charge >= 0.3 is 5.97 Å². The second-order valence-corrected chi connectivity index (χ2v) is 6.33. The van der Waals surface area contributed by atoms with Crippen molar-refractivity contribution in [3.05, 3.63) is 46.3 Å². The third-order valence-electron chi connectivity index (χ3n) is 3.79. The molecule has 0 aliphatic rings. The van der Waals surface area contributed by atoms with E-state index in [1.807, 2.05) is 52.1 Å². The van der Waals surface area contributed by atoms with Crippen molar-refractivity contribution in [1.29, 1.82) is 0 Å². The molecule has 1 heterocycles. The van der Waals surface area contributed by atoms with Crippen molar-refractivity contribution in [3.8, 4) is 5.75 Å². The Labute approximate surface area is 141 Å². The Morgan fingerprint density at radius 2 is 1.65 bits per heavy atom. The minimum Gasteiger partial charge on any atom is -0.426 e. The Morgan fingerprint density at radius 1 is 1.09 bits per heavy atom. The van der Waals surface area contributed by atoms with Gasteiger partial charge in [0, 0.05) is 11.4 Å². The lowest BCUT2D eigenvalue weighted by Crippen LogP contribution is -2.12. The van der Waals surface area contributed by atoms with Crippen LogP contribution in [0, 0.1) is 27.7 Å². The number of aryl methyl sites for hydroxylation is 4. The highest BCUT2D eigenvalue weighted by atomic mass is 32.2. The van der Waals surface area contributed by atoms with Gasteiger partial charge in [0.25, 0.3) is 0 Å². The number of rotatable bonds is 5. The zero-order valence-electron chi connectivity index (χ0n) is 14.3. The zero-order chi connectivity index (χ0) is 17.0. The van der Waals surface area contributed by atoms with Crippen molar-refractivity contribution in [1.82, 2.24) is 9.97 Å². The molecule has 0 amide bonds. The summed E-state index contributed by atoms with van der Waals surface area (Å²) in [6.45, 7) is 7.80.